The van der Waals surface area contributed by atoms with Crippen LogP contribution >= 0.6 is 11.3 Å². The molecule has 5 nitrogen and oxygen atoms in total. The molecule has 0 saturated heterocycles. The van der Waals surface area contributed by atoms with Gasteiger partial charge in [0.25, 0.3) is 5.91 Å². The largest absolute Gasteiger partial charge is 0.320 e. The zero-order valence-electron chi connectivity index (χ0n) is 9.38. The average Bonchev–Trinajstić information content (AvgIpc) is 2.86. The van der Waals surface area contributed by atoms with Gasteiger partial charge >= 0.3 is 0 Å². The molecule has 2 rings (SSSR count). The van der Waals surface area contributed by atoms with Crippen LogP contribution in [0.2, 0.25) is 0 Å². The Hall–Kier alpha value is -2.23. The van der Waals surface area contributed by atoms with Crippen molar-refractivity contribution in [2.24, 2.45) is 5.73 Å². The number of thiophene rings is 1. The van der Waals surface area contributed by atoms with Gasteiger partial charge in [-0.05, 0) is 12.1 Å². The molecule has 6 heteroatoms. The molecule has 18 heavy (non-hydrogen) atoms. The Bertz CT molecular complexity index is 597. The van der Waals surface area contributed by atoms with Gasteiger partial charge in [0.2, 0.25) is 0 Å². The third kappa shape index (κ3) is 3.13. The number of nitrogens with one attached hydrogen (secondary N) is 1. The molecule has 0 aromatic carbocycles. The van der Waals surface area contributed by atoms with E-state index in [2.05, 4.69) is 27.1 Å². The molecular formula is C12H10N4OS. The van der Waals surface area contributed by atoms with E-state index in [1.807, 2.05) is 0 Å². The molecule has 2 aromatic heterocycles. The number of nitrogens with zero attached hydrogens (tertiary/aromatic N) is 2. The van der Waals surface area contributed by atoms with Crippen molar-refractivity contribution in [1.82, 2.24) is 9.97 Å². The predicted molar refractivity (Wildman–Crippen MR) is 70.2 cm³/mol. The number of rotatable bonds is 2. The van der Waals surface area contributed by atoms with E-state index in [4.69, 9.17) is 5.73 Å². The molecular weight excluding hydrogens is 248 g/mol. The predicted octanol–water partition coefficient (Wildman–Crippen LogP) is 1.10. The third-order valence-corrected chi connectivity index (χ3v) is 2.96. The minimum atomic E-state index is -0.199. The highest BCUT2D eigenvalue weighted by molar-refractivity contribution is 7.14. The van der Waals surface area contributed by atoms with Crippen molar-refractivity contribution in [2.75, 3.05) is 11.9 Å². The molecule has 0 unspecified atom stereocenters. The molecule has 0 aliphatic carbocycles. The number of amides is 1. The summed E-state index contributed by atoms with van der Waals surface area (Å²) in [5, 5.41) is 2.70. The Kier molecular flexibility index (Phi) is 4.02. The first kappa shape index (κ1) is 12.2. The van der Waals surface area contributed by atoms with Gasteiger partial charge in [-0.1, -0.05) is 11.8 Å². The van der Waals surface area contributed by atoms with Gasteiger partial charge in [0, 0.05) is 0 Å². The first-order chi connectivity index (χ1) is 8.79. The van der Waals surface area contributed by atoms with E-state index >= 15 is 0 Å². The second kappa shape index (κ2) is 5.91. The molecule has 2 heterocycles. The molecule has 0 radical (unpaired) electrons. The second-order valence-electron chi connectivity index (χ2n) is 3.25. The van der Waals surface area contributed by atoms with Gasteiger partial charge in [-0.2, -0.15) is 0 Å². The number of nitrogens with two attached hydrogens (primary N) is 1. The fourth-order valence-electron chi connectivity index (χ4n) is 1.22. The summed E-state index contributed by atoms with van der Waals surface area (Å²) < 4.78 is 0. The maximum Gasteiger partial charge on any atom is 0.265 e. The van der Waals surface area contributed by atoms with Crippen LogP contribution in [0.4, 0.5) is 5.69 Å². The molecule has 0 atom stereocenters. The van der Waals surface area contributed by atoms with E-state index in [1.165, 1.54) is 30.1 Å². The molecule has 0 saturated carbocycles. The van der Waals surface area contributed by atoms with E-state index in [0.717, 1.165) is 4.88 Å². The summed E-state index contributed by atoms with van der Waals surface area (Å²) in [5.41, 5.74) is 5.84. The van der Waals surface area contributed by atoms with Crippen molar-refractivity contribution in [2.45, 2.75) is 0 Å². The van der Waals surface area contributed by atoms with Crippen molar-refractivity contribution < 1.29 is 4.79 Å². The van der Waals surface area contributed by atoms with E-state index in [0.29, 0.717) is 17.1 Å². The number of carbonyl (C=O) groups is 1. The molecule has 0 fully saturated rings. The maximum atomic E-state index is 11.9. The molecule has 3 N–H and O–H groups in total. The van der Waals surface area contributed by atoms with E-state index < -0.39 is 0 Å². The highest BCUT2D eigenvalue weighted by Crippen LogP contribution is 2.16. The zero-order valence-corrected chi connectivity index (χ0v) is 10.2. The van der Waals surface area contributed by atoms with Gasteiger partial charge in [0.05, 0.1) is 34.4 Å². The van der Waals surface area contributed by atoms with Crippen LogP contribution in [0.3, 0.4) is 0 Å². The normalized spacial score (nSPS) is 9.39. The number of hydrogen-bond acceptors (Lipinski definition) is 5. The van der Waals surface area contributed by atoms with Crippen molar-refractivity contribution in [3.63, 3.8) is 0 Å². The lowest BCUT2D eigenvalue weighted by atomic mass is 10.4. The summed E-state index contributed by atoms with van der Waals surface area (Å²) in [5.74, 6) is 5.43. The Balaban J connectivity index is 2.08. The van der Waals surface area contributed by atoms with Gasteiger partial charge in [-0.3, -0.25) is 4.79 Å². The molecule has 1 amide bonds. The molecule has 0 aliphatic rings. The first-order valence-corrected chi connectivity index (χ1v) is 5.96. The minimum absolute atomic E-state index is 0.199. The lowest BCUT2D eigenvalue weighted by Gasteiger charge is -2.00. The Morgan fingerprint density at radius 2 is 2.17 bits per heavy atom. The van der Waals surface area contributed by atoms with Crippen molar-refractivity contribution in [3.8, 4) is 11.8 Å². The van der Waals surface area contributed by atoms with Crippen LogP contribution in [0, 0.1) is 11.8 Å². The van der Waals surface area contributed by atoms with Gasteiger partial charge in [0.1, 0.15) is 6.33 Å². The van der Waals surface area contributed by atoms with Crippen LogP contribution in [0.1, 0.15) is 14.5 Å². The van der Waals surface area contributed by atoms with Gasteiger partial charge in [-0.25, -0.2) is 9.97 Å². The Morgan fingerprint density at radius 1 is 1.39 bits per heavy atom. The first-order valence-electron chi connectivity index (χ1n) is 5.15. The Morgan fingerprint density at radius 3 is 2.89 bits per heavy atom. The smallest absolute Gasteiger partial charge is 0.265 e. The summed E-state index contributed by atoms with van der Waals surface area (Å²) in [4.78, 5) is 20.9. The monoisotopic (exact) mass is 258 g/mol. The molecule has 90 valence electrons. The van der Waals surface area contributed by atoms with Crippen LogP contribution in [-0.2, 0) is 0 Å². The third-order valence-electron chi connectivity index (χ3n) is 1.96. The molecule has 0 spiro atoms. The highest BCUT2D eigenvalue weighted by atomic mass is 32.1. The van der Waals surface area contributed by atoms with Crippen LogP contribution < -0.4 is 11.1 Å². The van der Waals surface area contributed by atoms with Crippen molar-refractivity contribution in [1.29, 1.82) is 0 Å². The van der Waals surface area contributed by atoms with Crippen LogP contribution in [0.15, 0.2) is 30.9 Å². The van der Waals surface area contributed by atoms with E-state index in [9.17, 15) is 4.79 Å². The standard InChI is InChI=1S/C12H10N4OS/c13-5-1-2-10-3-4-11(18-10)12(17)16-9-6-14-8-15-7-9/h3-4,6-8H,5,13H2,(H,16,17). The summed E-state index contributed by atoms with van der Waals surface area (Å²) in [6.45, 7) is 0.306. The summed E-state index contributed by atoms with van der Waals surface area (Å²) in [6.07, 6.45) is 4.47. The number of carbonyl (C=O) groups excluding carboxylic acids is 1. The number of aromatic nitrogens is 2. The Labute approximate surface area is 108 Å². The maximum absolute atomic E-state index is 11.9. The molecule has 0 bridgehead atoms. The van der Waals surface area contributed by atoms with Crippen LogP contribution in [-0.4, -0.2) is 22.4 Å². The summed E-state index contributed by atoms with van der Waals surface area (Å²) in [6, 6.07) is 3.52. The topological polar surface area (TPSA) is 80.9 Å². The van der Waals surface area contributed by atoms with Crippen molar-refractivity contribution >= 4 is 22.9 Å². The quantitative estimate of drug-likeness (QED) is 0.790. The van der Waals surface area contributed by atoms with E-state index in [-0.39, 0.29) is 5.91 Å². The van der Waals surface area contributed by atoms with E-state index in [1.54, 1.807) is 12.1 Å². The highest BCUT2D eigenvalue weighted by Gasteiger charge is 2.08. The summed E-state index contributed by atoms with van der Waals surface area (Å²) in [7, 11) is 0. The second-order valence-corrected chi connectivity index (χ2v) is 4.33. The average molecular weight is 258 g/mol. The fourth-order valence-corrected chi connectivity index (χ4v) is 2.00. The lowest BCUT2D eigenvalue weighted by Crippen LogP contribution is -2.10. The molecule has 2 aromatic rings. The van der Waals surface area contributed by atoms with Gasteiger partial charge < -0.3 is 11.1 Å². The molecule has 0 aliphatic heterocycles. The SMILES string of the molecule is NCC#Cc1ccc(C(=O)Nc2cncnc2)s1. The number of anilines is 1. The summed E-state index contributed by atoms with van der Waals surface area (Å²) >= 11 is 1.32. The van der Waals surface area contributed by atoms with Crippen molar-refractivity contribution in [3.05, 3.63) is 40.6 Å². The van der Waals surface area contributed by atoms with Gasteiger partial charge in [0.15, 0.2) is 0 Å². The minimum Gasteiger partial charge on any atom is -0.320 e. The van der Waals surface area contributed by atoms with Crippen LogP contribution in [0.5, 0.6) is 0 Å². The number of hydrogen-bond donors (Lipinski definition) is 2. The fraction of sp³-hybridized carbons (Fsp3) is 0.0833. The van der Waals surface area contributed by atoms with Gasteiger partial charge in [-0.15, -0.1) is 11.3 Å². The zero-order chi connectivity index (χ0) is 12.8. The lowest BCUT2D eigenvalue weighted by molar-refractivity contribution is 0.103. The van der Waals surface area contributed by atoms with Crippen LogP contribution in [0.25, 0.3) is 0 Å².